The van der Waals surface area contributed by atoms with E-state index >= 15 is 0 Å². The van der Waals surface area contributed by atoms with Gasteiger partial charge in [-0.1, -0.05) is 36.4 Å². The van der Waals surface area contributed by atoms with Crippen molar-refractivity contribution in [2.75, 3.05) is 24.3 Å². The molecule has 0 bridgehead atoms. The molecule has 5 nitrogen and oxygen atoms in total. The summed E-state index contributed by atoms with van der Waals surface area (Å²) in [5, 5.41) is 0. The van der Waals surface area contributed by atoms with Crippen molar-refractivity contribution in [3.63, 3.8) is 0 Å². The van der Waals surface area contributed by atoms with Crippen LogP contribution in [0.15, 0.2) is 72.8 Å². The molecule has 0 aliphatic carbocycles. The molecule has 0 aromatic heterocycles. The van der Waals surface area contributed by atoms with Gasteiger partial charge in [-0.25, -0.2) is 4.39 Å². The van der Waals surface area contributed by atoms with Crippen LogP contribution in [0.4, 0.5) is 10.1 Å². The summed E-state index contributed by atoms with van der Waals surface area (Å²) in [6.07, 6.45) is 0. The van der Waals surface area contributed by atoms with Crippen LogP contribution in [0, 0.1) is 5.82 Å². The summed E-state index contributed by atoms with van der Waals surface area (Å²) in [5.74, 6) is 0.565. The first-order valence-electron chi connectivity index (χ1n) is 10.3. The Morgan fingerprint density at radius 2 is 1.88 bits per heavy atom. The first kappa shape index (κ1) is 20.6. The van der Waals surface area contributed by atoms with E-state index in [9.17, 15) is 14.0 Å². The molecule has 3 aromatic rings. The highest BCUT2D eigenvalue weighted by Crippen LogP contribution is 2.54. The number of nitrogens with zero attached hydrogens (tertiary/aromatic N) is 2. The molecule has 1 saturated heterocycles. The van der Waals surface area contributed by atoms with Crippen LogP contribution < -0.4 is 9.64 Å². The lowest BCUT2D eigenvalue weighted by atomic mass is 10.0. The number of thioether (sulfide) groups is 1. The molecule has 2 heterocycles. The third kappa shape index (κ3) is 3.15. The van der Waals surface area contributed by atoms with E-state index in [1.54, 1.807) is 53.3 Å². The summed E-state index contributed by atoms with van der Waals surface area (Å²) in [6.45, 7) is 0.769. The number of hydrogen-bond acceptors (Lipinski definition) is 4. The van der Waals surface area contributed by atoms with Crippen molar-refractivity contribution in [3.8, 4) is 5.75 Å². The van der Waals surface area contributed by atoms with Crippen LogP contribution in [0.2, 0.25) is 0 Å². The Kier molecular flexibility index (Phi) is 5.13. The van der Waals surface area contributed by atoms with Crippen LogP contribution in [0.1, 0.15) is 21.5 Å². The average molecular weight is 449 g/mol. The minimum atomic E-state index is -1.11. The molecule has 0 unspecified atom stereocenters. The Morgan fingerprint density at radius 3 is 2.66 bits per heavy atom. The Labute approximate surface area is 189 Å². The number of halogens is 1. The number of rotatable bonds is 4. The molecule has 2 aliphatic rings. The van der Waals surface area contributed by atoms with E-state index in [0.717, 1.165) is 16.8 Å². The number of hydrogen-bond donors (Lipinski definition) is 0. The number of benzene rings is 3. The van der Waals surface area contributed by atoms with E-state index in [0.29, 0.717) is 30.2 Å². The van der Waals surface area contributed by atoms with Gasteiger partial charge in [0, 0.05) is 23.4 Å². The summed E-state index contributed by atoms with van der Waals surface area (Å²) in [5.41, 5.74) is 2.89. The minimum absolute atomic E-state index is 0.151. The second-order valence-electron chi connectivity index (χ2n) is 7.72. The maximum Gasteiger partial charge on any atom is 0.268 e. The van der Waals surface area contributed by atoms with Gasteiger partial charge in [0.15, 0.2) is 4.87 Å². The average Bonchev–Trinajstić information content (AvgIpc) is 3.37. The van der Waals surface area contributed by atoms with Gasteiger partial charge in [-0.05, 0) is 42.0 Å². The number of ether oxygens (including phenoxy) is 1. The molecule has 1 spiro atoms. The molecule has 0 radical (unpaired) electrons. The van der Waals surface area contributed by atoms with Crippen LogP contribution in [-0.2, 0) is 16.2 Å². The van der Waals surface area contributed by atoms with Crippen LogP contribution in [0.3, 0.4) is 0 Å². The van der Waals surface area contributed by atoms with Gasteiger partial charge in [0.1, 0.15) is 11.6 Å². The molecular weight excluding hydrogens is 427 g/mol. The molecular formula is C25H21FN2O3S. The normalized spacial score (nSPS) is 19.5. The second-order valence-corrected chi connectivity index (χ2v) is 9.00. The molecule has 1 atom stereocenters. The maximum atomic E-state index is 13.9. The monoisotopic (exact) mass is 448 g/mol. The summed E-state index contributed by atoms with van der Waals surface area (Å²) >= 11 is 1.48. The summed E-state index contributed by atoms with van der Waals surface area (Å²) < 4.78 is 18.7. The minimum Gasteiger partial charge on any atom is -0.497 e. The van der Waals surface area contributed by atoms with Crippen LogP contribution in [-0.4, -0.2) is 36.1 Å². The van der Waals surface area contributed by atoms with Gasteiger partial charge >= 0.3 is 0 Å². The Balaban J connectivity index is 1.55. The molecule has 162 valence electrons. The highest BCUT2D eigenvalue weighted by Gasteiger charge is 2.59. The Bertz CT molecular complexity index is 1200. The van der Waals surface area contributed by atoms with Crippen molar-refractivity contribution >= 4 is 29.3 Å². The SMILES string of the molecule is COc1cccc(C(=O)N2CCS[C@@]23C(=O)N(Cc2ccc(F)cc2)c2ccccc23)c1. The van der Waals surface area contributed by atoms with E-state index in [1.165, 1.54) is 23.9 Å². The largest absolute Gasteiger partial charge is 0.497 e. The molecule has 1 fully saturated rings. The predicted octanol–water partition coefficient (Wildman–Crippen LogP) is 4.42. The quantitative estimate of drug-likeness (QED) is 0.593. The first-order chi connectivity index (χ1) is 15.5. The molecule has 0 N–H and O–H groups in total. The van der Waals surface area contributed by atoms with Crippen molar-refractivity contribution in [3.05, 3.63) is 95.3 Å². The molecule has 7 heteroatoms. The molecule has 2 amide bonds. The van der Waals surface area contributed by atoms with Crippen molar-refractivity contribution in [1.82, 2.24) is 4.90 Å². The number of para-hydroxylation sites is 1. The van der Waals surface area contributed by atoms with Crippen molar-refractivity contribution in [2.24, 2.45) is 0 Å². The lowest BCUT2D eigenvalue weighted by Crippen LogP contribution is -2.50. The molecule has 32 heavy (non-hydrogen) atoms. The van der Waals surface area contributed by atoms with Gasteiger partial charge in [0.25, 0.3) is 11.8 Å². The Hall–Kier alpha value is -3.32. The number of carbonyl (C=O) groups is 2. The van der Waals surface area contributed by atoms with Crippen molar-refractivity contribution in [1.29, 1.82) is 0 Å². The third-order valence-electron chi connectivity index (χ3n) is 5.92. The topological polar surface area (TPSA) is 49.9 Å². The van der Waals surface area contributed by atoms with Crippen molar-refractivity contribution in [2.45, 2.75) is 11.4 Å². The lowest BCUT2D eigenvalue weighted by molar-refractivity contribution is -0.123. The fourth-order valence-corrected chi connectivity index (χ4v) is 5.87. The zero-order valence-corrected chi connectivity index (χ0v) is 18.3. The third-order valence-corrected chi connectivity index (χ3v) is 7.34. The fourth-order valence-electron chi connectivity index (χ4n) is 4.41. The van der Waals surface area contributed by atoms with E-state index < -0.39 is 4.87 Å². The summed E-state index contributed by atoms with van der Waals surface area (Å²) in [7, 11) is 1.56. The van der Waals surface area contributed by atoms with E-state index in [4.69, 9.17) is 4.74 Å². The molecule has 0 saturated carbocycles. The number of amides is 2. The summed E-state index contributed by atoms with van der Waals surface area (Å²) in [4.78, 5) is 29.8. The van der Waals surface area contributed by atoms with Gasteiger partial charge in [-0.15, -0.1) is 11.8 Å². The van der Waals surface area contributed by atoms with Gasteiger partial charge in [0.2, 0.25) is 0 Å². The van der Waals surface area contributed by atoms with Crippen LogP contribution in [0.5, 0.6) is 5.75 Å². The van der Waals surface area contributed by atoms with Gasteiger partial charge in [-0.2, -0.15) is 0 Å². The van der Waals surface area contributed by atoms with E-state index in [-0.39, 0.29) is 17.6 Å². The number of fused-ring (bicyclic) bond motifs is 2. The zero-order valence-electron chi connectivity index (χ0n) is 17.5. The van der Waals surface area contributed by atoms with Crippen LogP contribution >= 0.6 is 11.8 Å². The lowest BCUT2D eigenvalue weighted by Gasteiger charge is -2.33. The van der Waals surface area contributed by atoms with Gasteiger partial charge in [-0.3, -0.25) is 9.59 Å². The maximum absolute atomic E-state index is 13.9. The molecule has 3 aromatic carbocycles. The van der Waals surface area contributed by atoms with E-state index in [1.807, 2.05) is 24.3 Å². The summed E-state index contributed by atoms with van der Waals surface area (Å²) in [6, 6.07) is 20.7. The number of methoxy groups -OCH3 is 1. The van der Waals surface area contributed by atoms with Gasteiger partial charge in [0.05, 0.1) is 19.3 Å². The highest BCUT2D eigenvalue weighted by atomic mass is 32.2. The van der Waals surface area contributed by atoms with Crippen molar-refractivity contribution < 1.29 is 18.7 Å². The predicted molar refractivity (Wildman–Crippen MR) is 122 cm³/mol. The standard InChI is InChI=1S/C25H21FN2O3S/c1-31-20-6-4-5-18(15-20)23(29)28-13-14-32-25(28)21-7-2-3-8-22(21)27(24(25)30)16-17-9-11-19(26)12-10-17/h2-12,15H,13-14,16H2,1H3/t25-/m0/s1. The first-order valence-corrected chi connectivity index (χ1v) is 11.3. The second kappa shape index (κ2) is 7.98. The Morgan fingerprint density at radius 1 is 1.09 bits per heavy atom. The molecule has 5 rings (SSSR count). The van der Waals surface area contributed by atoms with E-state index in [2.05, 4.69) is 0 Å². The smallest absolute Gasteiger partial charge is 0.268 e. The van der Waals surface area contributed by atoms with Gasteiger partial charge < -0.3 is 14.5 Å². The van der Waals surface area contributed by atoms with Crippen LogP contribution in [0.25, 0.3) is 0 Å². The zero-order chi connectivity index (χ0) is 22.3. The highest BCUT2D eigenvalue weighted by molar-refractivity contribution is 8.01. The molecule has 2 aliphatic heterocycles. The number of carbonyl (C=O) groups excluding carboxylic acids is 2. The fraction of sp³-hybridized carbons (Fsp3) is 0.200. The number of anilines is 1.